The highest BCUT2D eigenvalue weighted by Gasteiger charge is 2.12. The lowest BCUT2D eigenvalue weighted by molar-refractivity contribution is -0.117. The lowest BCUT2D eigenvalue weighted by Gasteiger charge is -2.11. The fourth-order valence-corrected chi connectivity index (χ4v) is 1.46. The lowest BCUT2D eigenvalue weighted by Crippen LogP contribution is -2.34. The van der Waals surface area contributed by atoms with Gasteiger partial charge in [-0.3, -0.25) is 4.79 Å². The molecule has 0 unspecified atom stereocenters. The van der Waals surface area contributed by atoms with E-state index in [2.05, 4.69) is 5.32 Å². The summed E-state index contributed by atoms with van der Waals surface area (Å²) in [6.07, 6.45) is 0.580. The number of anilines is 1. The van der Waals surface area contributed by atoms with E-state index in [4.69, 9.17) is 28.9 Å². The largest absolute Gasteiger partial charge is 0.323 e. The molecule has 0 radical (unpaired) electrons. The first-order chi connectivity index (χ1) is 7.04. The van der Waals surface area contributed by atoms with E-state index < -0.39 is 6.04 Å². The molecular weight excluding hydrogens is 235 g/mol. The molecule has 1 amide bonds. The molecule has 0 spiro atoms. The number of nitrogens with two attached hydrogens (primary N) is 1. The van der Waals surface area contributed by atoms with Crippen molar-refractivity contribution in [1.82, 2.24) is 0 Å². The maximum atomic E-state index is 11.5. The monoisotopic (exact) mass is 246 g/mol. The van der Waals surface area contributed by atoms with Crippen LogP contribution in [-0.4, -0.2) is 11.9 Å². The van der Waals surface area contributed by atoms with Crippen LogP contribution in [0, 0.1) is 0 Å². The minimum absolute atomic E-state index is 0.248. The summed E-state index contributed by atoms with van der Waals surface area (Å²) in [6, 6.07) is 4.35. The molecule has 1 aromatic carbocycles. The van der Waals surface area contributed by atoms with Crippen molar-refractivity contribution in [2.24, 2.45) is 5.73 Å². The fraction of sp³-hybridized carbons (Fsp3) is 0.300. The first kappa shape index (κ1) is 12.3. The Morgan fingerprint density at radius 3 is 2.73 bits per heavy atom. The summed E-state index contributed by atoms with van der Waals surface area (Å²) in [5.41, 5.74) is 6.09. The predicted molar refractivity (Wildman–Crippen MR) is 63.4 cm³/mol. The molecule has 3 nitrogen and oxygen atoms in total. The standard InChI is InChI=1S/C10H12Cl2N2O/c1-2-8(13)10(15)14-9-4-3-6(11)5-7(9)12/h3-5,8H,2,13H2,1H3,(H,14,15)/t8-/m1/s1. The summed E-state index contributed by atoms with van der Waals surface area (Å²) in [5, 5.41) is 3.56. The molecule has 0 heterocycles. The van der Waals surface area contributed by atoms with Crippen molar-refractivity contribution in [2.75, 3.05) is 5.32 Å². The van der Waals surface area contributed by atoms with Crippen molar-refractivity contribution < 1.29 is 4.79 Å². The molecule has 5 heteroatoms. The van der Waals surface area contributed by atoms with Gasteiger partial charge < -0.3 is 11.1 Å². The highest BCUT2D eigenvalue weighted by Crippen LogP contribution is 2.25. The van der Waals surface area contributed by atoms with Gasteiger partial charge in [0.1, 0.15) is 0 Å². The number of halogens is 2. The zero-order chi connectivity index (χ0) is 11.4. The van der Waals surface area contributed by atoms with Crippen LogP contribution in [0.5, 0.6) is 0 Å². The van der Waals surface area contributed by atoms with E-state index in [1.165, 1.54) is 0 Å². The molecule has 0 aliphatic carbocycles. The maximum absolute atomic E-state index is 11.5. The predicted octanol–water partition coefficient (Wildman–Crippen LogP) is 2.67. The van der Waals surface area contributed by atoms with Gasteiger partial charge in [0, 0.05) is 5.02 Å². The topological polar surface area (TPSA) is 55.1 Å². The van der Waals surface area contributed by atoms with Gasteiger partial charge in [0.05, 0.1) is 16.8 Å². The van der Waals surface area contributed by atoms with Crippen LogP contribution < -0.4 is 11.1 Å². The van der Waals surface area contributed by atoms with E-state index >= 15 is 0 Å². The average Bonchev–Trinajstić information content (AvgIpc) is 2.20. The molecule has 0 aromatic heterocycles. The third-order valence-electron chi connectivity index (χ3n) is 1.97. The van der Waals surface area contributed by atoms with E-state index in [9.17, 15) is 4.79 Å². The van der Waals surface area contributed by atoms with Crippen molar-refractivity contribution in [2.45, 2.75) is 19.4 Å². The van der Waals surface area contributed by atoms with Crippen LogP contribution in [0.1, 0.15) is 13.3 Å². The fourth-order valence-electron chi connectivity index (χ4n) is 1.00. The van der Waals surface area contributed by atoms with Crippen LogP contribution in [0.15, 0.2) is 18.2 Å². The van der Waals surface area contributed by atoms with Gasteiger partial charge in [-0.1, -0.05) is 30.1 Å². The molecular formula is C10H12Cl2N2O. The number of carbonyl (C=O) groups is 1. The van der Waals surface area contributed by atoms with Crippen LogP contribution in [0.4, 0.5) is 5.69 Å². The molecule has 0 saturated carbocycles. The first-order valence-corrected chi connectivity index (χ1v) is 5.31. The molecule has 0 saturated heterocycles. The van der Waals surface area contributed by atoms with Gasteiger partial charge in [0.15, 0.2) is 0 Å². The number of benzene rings is 1. The summed E-state index contributed by atoms with van der Waals surface area (Å²) < 4.78 is 0. The first-order valence-electron chi connectivity index (χ1n) is 4.56. The Morgan fingerprint density at radius 2 is 2.20 bits per heavy atom. The van der Waals surface area contributed by atoms with Gasteiger partial charge in [-0.15, -0.1) is 0 Å². The summed E-state index contributed by atoms with van der Waals surface area (Å²) in [7, 11) is 0. The molecule has 0 aliphatic heterocycles. The Kier molecular flexibility index (Phi) is 4.39. The van der Waals surface area contributed by atoms with Gasteiger partial charge >= 0.3 is 0 Å². The van der Waals surface area contributed by atoms with Crippen molar-refractivity contribution in [3.8, 4) is 0 Å². The zero-order valence-corrected chi connectivity index (χ0v) is 9.77. The Morgan fingerprint density at radius 1 is 1.53 bits per heavy atom. The Bertz CT molecular complexity index is 368. The lowest BCUT2D eigenvalue weighted by atomic mass is 10.2. The van der Waals surface area contributed by atoms with E-state index in [0.717, 1.165) is 0 Å². The summed E-state index contributed by atoms with van der Waals surface area (Å²) in [5.74, 6) is -0.248. The second kappa shape index (κ2) is 5.35. The average molecular weight is 247 g/mol. The molecule has 0 fully saturated rings. The van der Waals surface area contributed by atoms with Crippen LogP contribution >= 0.6 is 23.2 Å². The summed E-state index contributed by atoms with van der Waals surface area (Å²) in [6.45, 7) is 1.84. The van der Waals surface area contributed by atoms with E-state index in [1.54, 1.807) is 18.2 Å². The van der Waals surface area contributed by atoms with E-state index in [-0.39, 0.29) is 5.91 Å². The molecule has 3 N–H and O–H groups in total. The highest BCUT2D eigenvalue weighted by atomic mass is 35.5. The zero-order valence-electron chi connectivity index (χ0n) is 8.26. The van der Waals surface area contributed by atoms with Gasteiger partial charge in [0.2, 0.25) is 5.91 Å². The van der Waals surface area contributed by atoms with Gasteiger partial charge in [-0.2, -0.15) is 0 Å². The number of rotatable bonds is 3. The second-order valence-corrected chi connectivity index (χ2v) is 3.97. The highest BCUT2D eigenvalue weighted by molar-refractivity contribution is 6.36. The number of hydrogen-bond donors (Lipinski definition) is 2. The maximum Gasteiger partial charge on any atom is 0.241 e. The summed E-state index contributed by atoms with van der Waals surface area (Å²) in [4.78, 5) is 11.5. The van der Waals surface area contributed by atoms with Crippen molar-refractivity contribution in [3.05, 3.63) is 28.2 Å². The van der Waals surface area contributed by atoms with Crippen LogP contribution in [0.25, 0.3) is 0 Å². The Hall–Kier alpha value is -0.770. The van der Waals surface area contributed by atoms with Crippen molar-refractivity contribution in [3.63, 3.8) is 0 Å². The van der Waals surface area contributed by atoms with Crippen molar-refractivity contribution in [1.29, 1.82) is 0 Å². The third kappa shape index (κ3) is 3.38. The van der Waals surface area contributed by atoms with Gasteiger partial charge in [0.25, 0.3) is 0 Å². The normalized spacial score (nSPS) is 12.3. The molecule has 15 heavy (non-hydrogen) atoms. The number of nitrogens with one attached hydrogen (secondary N) is 1. The Balaban J connectivity index is 2.77. The minimum Gasteiger partial charge on any atom is -0.323 e. The smallest absolute Gasteiger partial charge is 0.241 e. The van der Waals surface area contributed by atoms with Crippen LogP contribution in [0.2, 0.25) is 10.0 Å². The SMILES string of the molecule is CC[C@@H](N)C(=O)Nc1ccc(Cl)cc1Cl. The van der Waals surface area contributed by atoms with Crippen LogP contribution in [-0.2, 0) is 4.79 Å². The third-order valence-corrected chi connectivity index (χ3v) is 2.51. The quantitative estimate of drug-likeness (QED) is 0.862. The number of hydrogen-bond acceptors (Lipinski definition) is 2. The van der Waals surface area contributed by atoms with Gasteiger partial charge in [-0.05, 0) is 24.6 Å². The molecule has 1 atom stereocenters. The van der Waals surface area contributed by atoms with Crippen molar-refractivity contribution >= 4 is 34.8 Å². The Labute approximate surface area is 98.5 Å². The molecule has 1 aromatic rings. The molecule has 82 valence electrons. The molecule has 0 bridgehead atoms. The molecule has 0 aliphatic rings. The number of amides is 1. The van der Waals surface area contributed by atoms with Crippen LogP contribution in [0.3, 0.4) is 0 Å². The second-order valence-electron chi connectivity index (χ2n) is 3.13. The van der Waals surface area contributed by atoms with E-state index in [1.807, 2.05) is 6.92 Å². The van der Waals surface area contributed by atoms with Gasteiger partial charge in [-0.25, -0.2) is 0 Å². The summed E-state index contributed by atoms with van der Waals surface area (Å²) >= 11 is 11.6. The number of carbonyl (C=O) groups excluding carboxylic acids is 1. The minimum atomic E-state index is -0.517. The van der Waals surface area contributed by atoms with E-state index in [0.29, 0.717) is 22.2 Å². The molecule has 1 rings (SSSR count).